The molecule has 0 bridgehead atoms. The maximum absolute atomic E-state index is 14.0. The number of β-amino-alcohol motifs (C(OH)–C–C–N with tert-alkyl or cyclic N) is 1. The van der Waals surface area contributed by atoms with Gasteiger partial charge in [0.1, 0.15) is 11.6 Å². The third-order valence-electron chi connectivity index (χ3n) is 3.72. The van der Waals surface area contributed by atoms with Crippen molar-refractivity contribution in [2.45, 2.75) is 25.1 Å². The van der Waals surface area contributed by atoms with Gasteiger partial charge in [-0.2, -0.15) is 0 Å². The van der Waals surface area contributed by atoms with Crippen LogP contribution in [0.2, 0.25) is 0 Å². The van der Waals surface area contributed by atoms with Gasteiger partial charge in [0.25, 0.3) is 0 Å². The Morgan fingerprint density at radius 3 is 2.80 bits per heavy atom. The SMILES string of the molecule is COc1ccc(CN2CC(O)CC2CN(C)C)c(F)c1. The molecule has 1 saturated heterocycles. The molecule has 2 unspecified atom stereocenters. The molecular weight excluding hydrogens is 259 g/mol. The molecule has 1 aliphatic heterocycles. The van der Waals surface area contributed by atoms with E-state index >= 15 is 0 Å². The summed E-state index contributed by atoms with van der Waals surface area (Å²) in [5.41, 5.74) is 0.642. The highest BCUT2D eigenvalue weighted by Gasteiger charge is 2.31. The highest BCUT2D eigenvalue weighted by Crippen LogP contribution is 2.24. The van der Waals surface area contributed by atoms with Crippen LogP contribution in [0.5, 0.6) is 5.75 Å². The monoisotopic (exact) mass is 282 g/mol. The molecule has 0 amide bonds. The summed E-state index contributed by atoms with van der Waals surface area (Å²) < 4.78 is 19.0. The van der Waals surface area contributed by atoms with Crippen LogP contribution < -0.4 is 4.74 Å². The van der Waals surface area contributed by atoms with Gasteiger partial charge in [0.15, 0.2) is 0 Å². The van der Waals surface area contributed by atoms with Crippen molar-refractivity contribution in [3.8, 4) is 5.75 Å². The summed E-state index contributed by atoms with van der Waals surface area (Å²) in [6.07, 6.45) is 0.428. The van der Waals surface area contributed by atoms with Gasteiger partial charge in [0.2, 0.25) is 0 Å². The second-order valence-electron chi connectivity index (χ2n) is 5.69. The van der Waals surface area contributed by atoms with Crippen LogP contribution in [0.1, 0.15) is 12.0 Å². The van der Waals surface area contributed by atoms with Crippen LogP contribution in [0.3, 0.4) is 0 Å². The largest absolute Gasteiger partial charge is 0.497 e. The van der Waals surface area contributed by atoms with Crippen LogP contribution in [0.15, 0.2) is 18.2 Å². The quantitative estimate of drug-likeness (QED) is 0.884. The fourth-order valence-corrected chi connectivity index (χ4v) is 2.76. The van der Waals surface area contributed by atoms with E-state index in [1.54, 1.807) is 12.1 Å². The standard InChI is InChI=1S/C15H23FN2O2/c1-17(2)9-12-6-13(19)10-18(12)8-11-4-5-14(20-3)7-15(11)16/h4-5,7,12-13,19H,6,8-10H2,1-3H3. The molecule has 2 atom stereocenters. The smallest absolute Gasteiger partial charge is 0.131 e. The molecule has 0 aromatic heterocycles. The van der Waals surface area contributed by atoms with E-state index in [0.29, 0.717) is 24.4 Å². The molecule has 1 aliphatic rings. The molecular formula is C15H23FN2O2. The third-order valence-corrected chi connectivity index (χ3v) is 3.72. The minimum Gasteiger partial charge on any atom is -0.497 e. The van der Waals surface area contributed by atoms with Gasteiger partial charge >= 0.3 is 0 Å². The van der Waals surface area contributed by atoms with Gasteiger partial charge in [-0.1, -0.05) is 6.07 Å². The van der Waals surface area contributed by atoms with Crippen molar-refractivity contribution in [3.63, 3.8) is 0 Å². The first-order valence-corrected chi connectivity index (χ1v) is 6.89. The molecule has 5 heteroatoms. The fraction of sp³-hybridized carbons (Fsp3) is 0.600. The van der Waals surface area contributed by atoms with Crippen LogP contribution in [0.25, 0.3) is 0 Å². The van der Waals surface area contributed by atoms with Gasteiger partial charge in [-0.05, 0) is 26.6 Å². The number of rotatable bonds is 5. The predicted molar refractivity (Wildman–Crippen MR) is 76.3 cm³/mol. The number of halogens is 1. The van der Waals surface area contributed by atoms with Crippen LogP contribution in [-0.4, -0.2) is 61.3 Å². The van der Waals surface area contributed by atoms with Crippen LogP contribution >= 0.6 is 0 Å². The molecule has 2 rings (SSSR count). The molecule has 0 aliphatic carbocycles. The molecule has 1 aromatic rings. The van der Waals surface area contributed by atoms with Gasteiger partial charge in [-0.25, -0.2) is 4.39 Å². The number of hydrogen-bond acceptors (Lipinski definition) is 4. The maximum atomic E-state index is 14.0. The molecule has 0 radical (unpaired) electrons. The lowest BCUT2D eigenvalue weighted by molar-refractivity contribution is 0.168. The van der Waals surface area contributed by atoms with Crippen molar-refractivity contribution in [3.05, 3.63) is 29.6 Å². The highest BCUT2D eigenvalue weighted by atomic mass is 19.1. The van der Waals surface area contributed by atoms with E-state index in [4.69, 9.17) is 4.74 Å². The molecule has 0 spiro atoms. The van der Waals surface area contributed by atoms with E-state index in [2.05, 4.69) is 9.80 Å². The summed E-state index contributed by atoms with van der Waals surface area (Å²) in [6, 6.07) is 5.20. The average Bonchev–Trinajstić information content (AvgIpc) is 2.71. The summed E-state index contributed by atoms with van der Waals surface area (Å²) in [5.74, 6) is 0.270. The number of ether oxygens (including phenoxy) is 1. The Morgan fingerprint density at radius 2 is 2.20 bits per heavy atom. The van der Waals surface area contributed by atoms with Crippen molar-refractivity contribution in [2.24, 2.45) is 0 Å². The molecule has 112 valence electrons. The van der Waals surface area contributed by atoms with Crippen LogP contribution in [0.4, 0.5) is 4.39 Å². The lowest BCUT2D eigenvalue weighted by Crippen LogP contribution is -2.37. The van der Waals surface area contributed by atoms with Crippen molar-refractivity contribution < 1.29 is 14.2 Å². The first-order valence-electron chi connectivity index (χ1n) is 6.89. The number of nitrogens with zero attached hydrogens (tertiary/aromatic N) is 2. The normalized spacial score (nSPS) is 23.5. The van der Waals surface area contributed by atoms with Crippen LogP contribution in [-0.2, 0) is 6.54 Å². The number of hydrogen-bond donors (Lipinski definition) is 1. The highest BCUT2D eigenvalue weighted by molar-refractivity contribution is 5.29. The number of methoxy groups -OCH3 is 1. The second-order valence-corrected chi connectivity index (χ2v) is 5.69. The molecule has 1 fully saturated rings. The Labute approximate surface area is 119 Å². The van der Waals surface area contributed by atoms with Gasteiger partial charge in [0.05, 0.1) is 13.2 Å². The Morgan fingerprint density at radius 1 is 1.45 bits per heavy atom. The topological polar surface area (TPSA) is 35.9 Å². The molecule has 1 heterocycles. The number of aliphatic hydroxyl groups excluding tert-OH is 1. The summed E-state index contributed by atoms with van der Waals surface area (Å²) in [7, 11) is 5.55. The maximum Gasteiger partial charge on any atom is 0.131 e. The lowest BCUT2D eigenvalue weighted by Gasteiger charge is -2.26. The molecule has 20 heavy (non-hydrogen) atoms. The van der Waals surface area contributed by atoms with Crippen LogP contribution in [0, 0.1) is 5.82 Å². The zero-order chi connectivity index (χ0) is 14.7. The number of aliphatic hydroxyl groups is 1. The summed E-state index contributed by atoms with van der Waals surface area (Å²) in [6.45, 7) is 1.99. The van der Waals surface area contributed by atoms with Gasteiger partial charge in [-0.15, -0.1) is 0 Å². The lowest BCUT2D eigenvalue weighted by atomic mass is 10.1. The van der Waals surface area contributed by atoms with Crippen molar-refractivity contribution >= 4 is 0 Å². The number of benzene rings is 1. The van der Waals surface area contributed by atoms with Crippen molar-refractivity contribution in [2.75, 3.05) is 34.3 Å². The van der Waals surface area contributed by atoms with Gasteiger partial charge in [-0.3, -0.25) is 4.90 Å². The average molecular weight is 282 g/mol. The summed E-state index contributed by atoms with van der Waals surface area (Å²) in [4.78, 5) is 4.25. The van der Waals surface area contributed by atoms with E-state index < -0.39 is 0 Å². The zero-order valence-electron chi connectivity index (χ0n) is 12.3. The Balaban J connectivity index is 2.07. The Bertz CT molecular complexity index is 453. The second kappa shape index (κ2) is 6.52. The van der Waals surface area contributed by atoms with Crippen molar-refractivity contribution in [1.29, 1.82) is 0 Å². The van der Waals surface area contributed by atoms with Crippen molar-refractivity contribution in [1.82, 2.24) is 9.80 Å². The van der Waals surface area contributed by atoms with Gasteiger partial charge in [0, 0.05) is 37.3 Å². The third kappa shape index (κ3) is 3.69. The van der Waals surface area contributed by atoms with E-state index in [9.17, 15) is 9.50 Å². The molecule has 1 aromatic carbocycles. The van der Waals surface area contributed by atoms with E-state index in [-0.39, 0.29) is 18.0 Å². The first kappa shape index (κ1) is 15.2. The summed E-state index contributed by atoms with van der Waals surface area (Å²) in [5, 5.41) is 9.84. The first-order chi connectivity index (χ1) is 9.49. The number of likely N-dealkylation sites (tertiary alicyclic amines) is 1. The fourth-order valence-electron chi connectivity index (χ4n) is 2.76. The van der Waals surface area contributed by atoms with Gasteiger partial charge < -0.3 is 14.7 Å². The van der Waals surface area contributed by atoms with E-state index in [1.165, 1.54) is 13.2 Å². The molecule has 1 N–H and O–H groups in total. The van der Waals surface area contributed by atoms with E-state index in [1.807, 2.05) is 14.1 Å². The number of likely N-dealkylation sites (N-methyl/N-ethyl adjacent to an activating group) is 1. The minimum atomic E-state index is -0.318. The molecule has 4 nitrogen and oxygen atoms in total. The minimum absolute atomic E-state index is 0.255. The Hall–Kier alpha value is -1.17. The summed E-state index contributed by atoms with van der Waals surface area (Å²) >= 11 is 0. The zero-order valence-corrected chi connectivity index (χ0v) is 12.3. The van der Waals surface area contributed by atoms with E-state index in [0.717, 1.165) is 13.0 Å². The Kier molecular flexibility index (Phi) is 4.96. The predicted octanol–water partition coefficient (Wildman–Crippen LogP) is 1.33. The molecule has 0 saturated carbocycles.